The number of hydrogen-bond acceptors (Lipinski definition) is 4. The Morgan fingerprint density at radius 1 is 1.00 bits per heavy atom. The molecule has 1 aliphatic heterocycles. The van der Waals surface area contributed by atoms with Gasteiger partial charge in [-0.3, -0.25) is 9.69 Å². The maximum atomic E-state index is 13.4. The number of carbonyl (C=O) groups is 1. The minimum absolute atomic E-state index is 0.0722. The lowest BCUT2D eigenvalue weighted by atomic mass is 10.0. The Balaban J connectivity index is 1.53. The van der Waals surface area contributed by atoms with E-state index >= 15 is 0 Å². The van der Waals surface area contributed by atoms with Gasteiger partial charge in [-0.05, 0) is 42.7 Å². The highest BCUT2D eigenvalue weighted by molar-refractivity contribution is 7.89. The maximum Gasteiger partial charge on any atom is 0.246 e. The van der Waals surface area contributed by atoms with Crippen molar-refractivity contribution in [3.63, 3.8) is 0 Å². The summed E-state index contributed by atoms with van der Waals surface area (Å²) in [6.45, 7) is 1.03. The summed E-state index contributed by atoms with van der Waals surface area (Å²) in [5.74, 6) is -0.530. The lowest BCUT2D eigenvalue weighted by Gasteiger charge is -2.38. The van der Waals surface area contributed by atoms with Crippen LogP contribution in [0.25, 0.3) is 0 Å². The van der Waals surface area contributed by atoms with Crippen molar-refractivity contribution in [1.82, 2.24) is 14.5 Å². The maximum absolute atomic E-state index is 13.4. The Morgan fingerprint density at radius 3 is 2.13 bits per heavy atom. The van der Waals surface area contributed by atoms with E-state index in [2.05, 4.69) is 5.32 Å². The van der Waals surface area contributed by atoms with Gasteiger partial charge in [0.05, 0.1) is 10.0 Å². The second-order valence-electron chi connectivity index (χ2n) is 7.73. The second-order valence-corrected chi connectivity index (χ2v) is 10.4. The fourth-order valence-corrected chi connectivity index (χ4v) is 6.25. The van der Waals surface area contributed by atoms with Gasteiger partial charge in [0, 0.05) is 32.2 Å². The lowest BCUT2D eigenvalue weighted by molar-refractivity contribution is -0.127. The fourth-order valence-electron chi connectivity index (χ4n) is 3.74. The summed E-state index contributed by atoms with van der Waals surface area (Å²) in [5.41, 5.74) is 0.671. The van der Waals surface area contributed by atoms with Crippen molar-refractivity contribution in [3.05, 3.63) is 63.9 Å². The van der Waals surface area contributed by atoms with Crippen LogP contribution in [0.4, 0.5) is 4.39 Å². The molecule has 166 valence electrons. The number of halogens is 3. The molecule has 10 heteroatoms. The molecule has 31 heavy (non-hydrogen) atoms. The van der Waals surface area contributed by atoms with Crippen molar-refractivity contribution in [2.75, 3.05) is 26.2 Å². The Labute approximate surface area is 191 Å². The summed E-state index contributed by atoms with van der Waals surface area (Å²) in [6, 6.07) is 9.98. The highest BCUT2D eigenvalue weighted by Crippen LogP contribution is 2.33. The first-order valence-electron chi connectivity index (χ1n) is 10.0. The molecule has 0 aromatic heterocycles. The molecule has 0 spiro atoms. The van der Waals surface area contributed by atoms with Crippen molar-refractivity contribution in [1.29, 1.82) is 0 Å². The first kappa shape index (κ1) is 22.5. The summed E-state index contributed by atoms with van der Waals surface area (Å²) in [6.07, 6.45) is 1.90. The normalized spacial score (nSPS) is 19.2. The predicted molar refractivity (Wildman–Crippen MR) is 117 cm³/mol. The average Bonchev–Trinajstić information content (AvgIpc) is 3.54. The van der Waals surface area contributed by atoms with E-state index in [0.717, 1.165) is 12.8 Å². The molecular weight excluding hydrogens is 464 g/mol. The molecule has 0 bridgehead atoms. The van der Waals surface area contributed by atoms with E-state index in [1.807, 2.05) is 4.90 Å². The Bertz CT molecular complexity index is 1050. The number of nitrogens with one attached hydrogen (secondary N) is 1. The summed E-state index contributed by atoms with van der Waals surface area (Å²) in [4.78, 5) is 14.8. The Morgan fingerprint density at radius 2 is 1.58 bits per heavy atom. The highest BCUT2D eigenvalue weighted by Gasteiger charge is 2.37. The zero-order valence-corrected chi connectivity index (χ0v) is 18.9. The van der Waals surface area contributed by atoms with E-state index < -0.39 is 16.1 Å². The average molecular weight is 486 g/mol. The summed E-state index contributed by atoms with van der Waals surface area (Å²) >= 11 is 12.2. The van der Waals surface area contributed by atoms with E-state index in [9.17, 15) is 17.6 Å². The molecule has 0 unspecified atom stereocenters. The third-order valence-electron chi connectivity index (χ3n) is 5.51. The number of piperazine rings is 1. The van der Waals surface area contributed by atoms with E-state index in [1.165, 1.54) is 28.6 Å². The van der Waals surface area contributed by atoms with Crippen molar-refractivity contribution in [2.45, 2.75) is 29.8 Å². The van der Waals surface area contributed by atoms with Crippen molar-refractivity contribution < 1.29 is 17.6 Å². The third kappa shape index (κ3) is 4.88. The van der Waals surface area contributed by atoms with Gasteiger partial charge >= 0.3 is 0 Å². The number of hydrogen-bond donors (Lipinski definition) is 1. The predicted octanol–water partition coefficient (Wildman–Crippen LogP) is 3.46. The molecule has 4 rings (SSSR count). The molecule has 6 nitrogen and oxygen atoms in total. The van der Waals surface area contributed by atoms with Gasteiger partial charge in [-0.15, -0.1) is 0 Å². The molecule has 2 aromatic carbocycles. The third-order valence-corrected chi connectivity index (χ3v) is 8.37. The standard InChI is InChI=1S/C21H22Cl2FN3O3S/c22-17-2-1-3-18(23)20(17)31(29,30)27-12-10-26(11-13-27)19(21(28)25-16-8-9-16)14-4-6-15(24)7-5-14/h1-7,16,19H,8-13H2,(H,25,28)/t19-/m0/s1. The topological polar surface area (TPSA) is 69.7 Å². The van der Waals surface area contributed by atoms with Crippen LogP contribution in [0.3, 0.4) is 0 Å². The highest BCUT2D eigenvalue weighted by atomic mass is 35.5. The van der Waals surface area contributed by atoms with Crippen LogP contribution in [-0.4, -0.2) is 55.8 Å². The van der Waals surface area contributed by atoms with Gasteiger partial charge in [-0.2, -0.15) is 4.31 Å². The lowest BCUT2D eigenvalue weighted by Crippen LogP contribution is -2.52. The van der Waals surface area contributed by atoms with Crippen LogP contribution in [0, 0.1) is 5.82 Å². The first-order valence-corrected chi connectivity index (χ1v) is 12.2. The monoisotopic (exact) mass is 485 g/mol. The van der Waals surface area contributed by atoms with Gasteiger partial charge in [-0.1, -0.05) is 41.4 Å². The van der Waals surface area contributed by atoms with Crippen LogP contribution < -0.4 is 5.32 Å². The van der Waals surface area contributed by atoms with E-state index in [4.69, 9.17) is 23.2 Å². The molecular formula is C21H22Cl2FN3O3S. The number of nitrogens with zero attached hydrogens (tertiary/aromatic N) is 2. The number of benzene rings is 2. The fraction of sp³-hybridized carbons (Fsp3) is 0.381. The Kier molecular flexibility index (Phi) is 6.55. The molecule has 1 amide bonds. The minimum Gasteiger partial charge on any atom is -0.352 e. The van der Waals surface area contributed by atoms with Crippen LogP contribution in [0.2, 0.25) is 10.0 Å². The van der Waals surface area contributed by atoms with Crippen LogP contribution in [0.15, 0.2) is 47.4 Å². The van der Waals surface area contributed by atoms with Crippen molar-refractivity contribution in [2.24, 2.45) is 0 Å². The molecule has 1 N–H and O–H groups in total. The molecule has 1 heterocycles. The van der Waals surface area contributed by atoms with E-state index in [-0.39, 0.29) is 45.8 Å². The summed E-state index contributed by atoms with van der Waals surface area (Å²) < 4.78 is 41.0. The number of sulfonamides is 1. The number of carbonyl (C=O) groups excluding carboxylic acids is 1. The molecule has 1 aliphatic carbocycles. The summed E-state index contributed by atoms with van der Waals surface area (Å²) in [5, 5.41) is 3.15. The molecule has 1 saturated heterocycles. The van der Waals surface area contributed by atoms with Crippen LogP contribution in [0.5, 0.6) is 0 Å². The second kappa shape index (κ2) is 9.03. The van der Waals surface area contributed by atoms with Gasteiger partial charge in [0.1, 0.15) is 16.8 Å². The minimum atomic E-state index is -3.88. The van der Waals surface area contributed by atoms with Gasteiger partial charge in [0.15, 0.2) is 0 Å². The van der Waals surface area contributed by atoms with E-state index in [1.54, 1.807) is 18.2 Å². The van der Waals surface area contributed by atoms with Gasteiger partial charge in [-0.25, -0.2) is 12.8 Å². The molecule has 0 radical (unpaired) electrons. The van der Waals surface area contributed by atoms with Crippen LogP contribution in [0.1, 0.15) is 24.4 Å². The van der Waals surface area contributed by atoms with Gasteiger partial charge in [0.25, 0.3) is 0 Å². The van der Waals surface area contributed by atoms with Crippen LogP contribution in [-0.2, 0) is 14.8 Å². The molecule has 2 fully saturated rings. The molecule has 1 saturated carbocycles. The SMILES string of the molecule is O=C(NC1CC1)[C@H](c1ccc(F)cc1)N1CCN(S(=O)(=O)c2c(Cl)cccc2Cl)CC1. The largest absolute Gasteiger partial charge is 0.352 e. The summed E-state index contributed by atoms with van der Waals surface area (Å²) in [7, 11) is -3.88. The van der Waals surface area contributed by atoms with Gasteiger partial charge in [0.2, 0.25) is 15.9 Å². The van der Waals surface area contributed by atoms with Crippen molar-refractivity contribution >= 4 is 39.1 Å². The number of rotatable bonds is 6. The van der Waals surface area contributed by atoms with Gasteiger partial charge < -0.3 is 5.32 Å². The van der Waals surface area contributed by atoms with E-state index in [0.29, 0.717) is 18.7 Å². The van der Waals surface area contributed by atoms with Crippen LogP contribution >= 0.6 is 23.2 Å². The zero-order valence-electron chi connectivity index (χ0n) is 16.6. The molecule has 2 aromatic rings. The van der Waals surface area contributed by atoms with Crippen molar-refractivity contribution in [3.8, 4) is 0 Å². The number of amides is 1. The first-order chi connectivity index (χ1) is 14.8. The zero-order chi connectivity index (χ0) is 22.2. The quantitative estimate of drug-likeness (QED) is 0.679. The smallest absolute Gasteiger partial charge is 0.246 e. The molecule has 1 atom stereocenters. The molecule has 2 aliphatic rings. The Hall–Kier alpha value is -1.71.